The fourth-order valence-corrected chi connectivity index (χ4v) is 4.21. The van der Waals surface area contributed by atoms with E-state index in [0.717, 1.165) is 29.5 Å². The molecule has 2 unspecified atom stereocenters. The number of aromatic nitrogens is 3. The minimum atomic E-state index is -0.106. The fourth-order valence-electron chi connectivity index (χ4n) is 4.21. The van der Waals surface area contributed by atoms with Crippen molar-refractivity contribution < 1.29 is 4.79 Å². The summed E-state index contributed by atoms with van der Waals surface area (Å²) in [6, 6.07) is 13.9. The molecule has 0 saturated carbocycles. The lowest BCUT2D eigenvalue weighted by atomic mass is 9.91. The van der Waals surface area contributed by atoms with Gasteiger partial charge in [0.15, 0.2) is 0 Å². The number of aromatic amines is 1. The molecule has 0 bridgehead atoms. The molecular weight excluding hydrogens is 350 g/mol. The minimum absolute atomic E-state index is 0.106. The van der Waals surface area contributed by atoms with Crippen LogP contribution >= 0.6 is 0 Å². The number of piperidine rings is 1. The van der Waals surface area contributed by atoms with Gasteiger partial charge in [0.05, 0.1) is 0 Å². The number of hydrogen-bond acceptors (Lipinski definition) is 4. The zero-order valence-corrected chi connectivity index (χ0v) is 16.5. The summed E-state index contributed by atoms with van der Waals surface area (Å²) < 4.78 is 0. The van der Waals surface area contributed by atoms with Gasteiger partial charge in [-0.25, -0.2) is 0 Å². The number of nitrogens with one attached hydrogen (secondary N) is 2. The minimum Gasteiger partial charge on any atom is -0.348 e. The molecule has 4 rings (SSSR count). The number of rotatable bonds is 5. The Morgan fingerprint density at radius 2 is 1.71 bits per heavy atom. The molecule has 1 aliphatic heterocycles. The predicted octanol–water partition coefficient (Wildman–Crippen LogP) is 3.37. The van der Waals surface area contributed by atoms with Gasteiger partial charge in [-0.2, -0.15) is 15.4 Å². The highest BCUT2D eigenvalue weighted by Crippen LogP contribution is 2.22. The van der Waals surface area contributed by atoms with E-state index >= 15 is 0 Å². The molecule has 2 heterocycles. The first-order valence-corrected chi connectivity index (χ1v) is 9.95. The van der Waals surface area contributed by atoms with Crippen LogP contribution in [-0.2, 0) is 13.1 Å². The van der Waals surface area contributed by atoms with Crippen LogP contribution in [0.3, 0.4) is 0 Å². The van der Waals surface area contributed by atoms with Crippen molar-refractivity contribution in [3.8, 4) is 0 Å². The number of amides is 1. The highest BCUT2D eigenvalue weighted by atomic mass is 16.1. The molecule has 146 valence electrons. The Bertz CT molecular complexity index is 939. The third kappa shape index (κ3) is 4.39. The molecule has 1 fully saturated rings. The van der Waals surface area contributed by atoms with Crippen molar-refractivity contribution in [2.24, 2.45) is 11.8 Å². The Balaban J connectivity index is 1.32. The van der Waals surface area contributed by atoms with Crippen molar-refractivity contribution in [3.63, 3.8) is 0 Å². The Labute approximate surface area is 165 Å². The summed E-state index contributed by atoms with van der Waals surface area (Å²) in [6.45, 7) is 8.55. The Morgan fingerprint density at radius 1 is 1.04 bits per heavy atom. The summed E-state index contributed by atoms with van der Waals surface area (Å²) >= 11 is 0. The summed E-state index contributed by atoms with van der Waals surface area (Å²) in [7, 11) is 0. The first kappa shape index (κ1) is 18.6. The van der Waals surface area contributed by atoms with Gasteiger partial charge in [-0.1, -0.05) is 38.1 Å². The summed E-state index contributed by atoms with van der Waals surface area (Å²) in [4.78, 5) is 14.9. The molecule has 0 spiro atoms. The summed E-state index contributed by atoms with van der Waals surface area (Å²) in [5, 5.41) is 13.6. The summed E-state index contributed by atoms with van der Waals surface area (Å²) in [5.74, 6) is 1.44. The van der Waals surface area contributed by atoms with Crippen LogP contribution in [0, 0.1) is 11.8 Å². The molecule has 0 aliphatic carbocycles. The highest BCUT2D eigenvalue weighted by molar-refractivity contribution is 5.97. The number of hydrogen-bond donors (Lipinski definition) is 2. The van der Waals surface area contributed by atoms with Gasteiger partial charge in [-0.05, 0) is 47.6 Å². The van der Waals surface area contributed by atoms with Crippen LogP contribution in [0.25, 0.3) is 11.0 Å². The average molecular weight is 377 g/mol. The molecule has 6 heteroatoms. The van der Waals surface area contributed by atoms with Crippen molar-refractivity contribution >= 4 is 16.9 Å². The average Bonchev–Trinajstić information content (AvgIpc) is 3.14. The van der Waals surface area contributed by atoms with E-state index in [1.54, 1.807) is 18.2 Å². The summed E-state index contributed by atoms with van der Waals surface area (Å²) in [5.41, 5.74) is 4.46. The second kappa shape index (κ2) is 8.10. The van der Waals surface area contributed by atoms with Gasteiger partial charge >= 0.3 is 0 Å². The molecule has 1 aromatic heterocycles. The molecule has 0 radical (unpaired) electrons. The van der Waals surface area contributed by atoms with E-state index in [4.69, 9.17) is 0 Å². The van der Waals surface area contributed by atoms with Gasteiger partial charge in [-0.15, -0.1) is 0 Å². The molecule has 2 atom stereocenters. The molecule has 1 saturated heterocycles. The van der Waals surface area contributed by atoms with E-state index in [1.165, 1.54) is 25.1 Å². The maximum atomic E-state index is 12.4. The predicted molar refractivity (Wildman–Crippen MR) is 110 cm³/mol. The lowest BCUT2D eigenvalue weighted by molar-refractivity contribution is 0.0951. The Hall–Kier alpha value is -2.73. The maximum Gasteiger partial charge on any atom is 0.251 e. The molecular formula is C22H27N5O. The van der Waals surface area contributed by atoms with Crippen molar-refractivity contribution in [1.29, 1.82) is 0 Å². The van der Waals surface area contributed by atoms with Crippen LogP contribution in [0.5, 0.6) is 0 Å². The van der Waals surface area contributed by atoms with Gasteiger partial charge in [0.1, 0.15) is 11.0 Å². The number of fused-ring (bicyclic) bond motifs is 1. The van der Waals surface area contributed by atoms with Crippen LogP contribution in [0.1, 0.15) is 41.8 Å². The second-order valence-electron chi connectivity index (χ2n) is 8.17. The van der Waals surface area contributed by atoms with E-state index in [1.807, 2.05) is 0 Å². The van der Waals surface area contributed by atoms with Crippen LogP contribution in [0.4, 0.5) is 0 Å². The number of H-pyrrole nitrogens is 1. The zero-order chi connectivity index (χ0) is 19.5. The first-order valence-electron chi connectivity index (χ1n) is 9.95. The van der Waals surface area contributed by atoms with Crippen molar-refractivity contribution in [3.05, 3.63) is 59.2 Å². The maximum absolute atomic E-state index is 12.4. The topological polar surface area (TPSA) is 73.9 Å². The number of benzene rings is 2. The summed E-state index contributed by atoms with van der Waals surface area (Å²) in [6.07, 6.45) is 1.33. The van der Waals surface area contributed by atoms with Gasteiger partial charge in [0, 0.05) is 31.7 Å². The molecule has 2 aromatic carbocycles. The van der Waals surface area contributed by atoms with Gasteiger partial charge in [-0.3, -0.25) is 9.69 Å². The lowest BCUT2D eigenvalue weighted by Gasteiger charge is -2.35. The van der Waals surface area contributed by atoms with Crippen molar-refractivity contribution in [1.82, 2.24) is 25.6 Å². The standard InChI is InChI=1S/C22H27N5O/c1-15-9-16(2)13-27(12-15)14-18-5-3-17(4-6-18)11-23-22(28)19-7-8-20-21(10-19)25-26-24-20/h3-8,10,15-16H,9,11-14H2,1-2H3,(H,23,28)(H,24,25,26). The van der Waals surface area contributed by atoms with Gasteiger partial charge < -0.3 is 5.32 Å². The normalized spacial score (nSPS) is 20.4. The lowest BCUT2D eigenvalue weighted by Crippen LogP contribution is -2.38. The van der Waals surface area contributed by atoms with E-state index in [0.29, 0.717) is 17.6 Å². The zero-order valence-electron chi connectivity index (χ0n) is 16.5. The number of nitrogens with zero attached hydrogens (tertiary/aromatic N) is 3. The fraction of sp³-hybridized carbons (Fsp3) is 0.409. The van der Waals surface area contributed by atoms with Crippen LogP contribution < -0.4 is 5.32 Å². The molecule has 28 heavy (non-hydrogen) atoms. The Morgan fingerprint density at radius 3 is 2.46 bits per heavy atom. The molecule has 6 nitrogen and oxygen atoms in total. The monoisotopic (exact) mass is 377 g/mol. The number of carbonyl (C=O) groups is 1. The largest absolute Gasteiger partial charge is 0.348 e. The first-order chi connectivity index (χ1) is 13.6. The smallest absolute Gasteiger partial charge is 0.251 e. The third-order valence-corrected chi connectivity index (χ3v) is 5.41. The van der Waals surface area contributed by atoms with Gasteiger partial charge in [0.25, 0.3) is 5.91 Å². The molecule has 3 aromatic rings. The van der Waals surface area contributed by atoms with Crippen LogP contribution in [0.15, 0.2) is 42.5 Å². The Kier molecular flexibility index (Phi) is 5.39. The van der Waals surface area contributed by atoms with Crippen LogP contribution in [0.2, 0.25) is 0 Å². The molecule has 1 aliphatic rings. The number of likely N-dealkylation sites (tertiary alicyclic amines) is 1. The highest BCUT2D eigenvalue weighted by Gasteiger charge is 2.21. The third-order valence-electron chi connectivity index (χ3n) is 5.41. The SMILES string of the molecule is CC1CC(C)CN(Cc2ccc(CNC(=O)c3ccc4n[nH]nc4c3)cc2)C1. The van der Waals surface area contributed by atoms with Crippen LogP contribution in [-0.4, -0.2) is 39.3 Å². The molecule has 2 N–H and O–H groups in total. The van der Waals surface area contributed by atoms with E-state index in [9.17, 15) is 4.79 Å². The van der Waals surface area contributed by atoms with Gasteiger partial charge in [0.2, 0.25) is 0 Å². The second-order valence-corrected chi connectivity index (χ2v) is 8.17. The van der Waals surface area contributed by atoms with Crippen molar-refractivity contribution in [2.75, 3.05) is 13.1 Å². The van der Waals surface area contributed by atoms with E-state index in [2.05, 4.69) is 63.7 Å². The van der Waals surface area contributed by atoms with E-state index < -0.39 is 0 Å². The molecule has 1 amide bonds. The van der Waals surface area contributed by atoms with Crippen molar-refractivity contribution in [2.45, 2.75) is 33.4 Å². The van der Waals surface area contributed by atoms with E-state index in [-0.39, 0.29) is 5.91 Å². The quantitative estimate of drug-likeness (QED) is 0.715. The number of carbonyl (C=O) groups excluding carboxylic acids is 1.